The molecule has 3 rings (SSSR count). The van der Waals surface area contributed by atoms with Crippen LogP contribution in [0.15, 0.2) is 46.9 Å². The Hall–Kier alpha value is -2.14. The van der Waals surface area contributed by atoms with E-state index in [2.05, 4.69) is 38.7 Å². The van der Waals surface area contributed by atoms with E-state index in [1.165, 1.54) is 17.5 Å². The molecule has 1 aliphatic rings. The highest BCUT2D eigenvalue weighted by molar-refractivity contribution is 9.10. The second-order valence-corrected chi connectivity index (χ2v) is 6.79. The first kappa shape index (κ1) is 16.7. The summed E-state index contributed by atoms with van der Waals surface area (Å²) < 4.78 is 0.808. The number of para-hydroxylation sites is 1. The van der Waals surface area contributed by atoms with Gasteiger partial charge >= 0.3 is 0 Å². The number of amides is 2. The zero-order valence-corrected chi connectivity index (χ0v) is 14.9. The van der Waals surface area contributed by atoms with Gasteiger partial charge in [-0.15, -0.1) is 0 Å². The highest BCUT2D eigenvalue weighted by atomic mass is 79.9. The molecule has 2 aromatic carbocycles. The number of hydrogen-bond acceptors (Lipinski definition) is 2. The van der Waals surface area contributed by atoms with Gasteiger partial charge in [0.1, 0.15) is 0 Å². The number of carbonyl (C=O) groups is 2. The van der Waals surface area contributed by atoms with Gasteiger partial charge in [0.15, 0.2) is 0 Å². The van der Waals surface area contributed by atoms with E-state index in [-0.39, 0.29) is 18.4 Å². The lowest BCUT2D eigenvalue weighted by Crippen LogP contribution is -2.33. The molecule has 2 N–H and O–H groups in total. The summed E-state index contributed by atoms with van der Waals surface area (Å²) >= 11 is 3.37. The second-order valence-electron chi connectivity index (χ2n) is 5.94. The summed E-state index contributed by atoms with van der Waals surface area (Å²) in [6.07, 6.45) is 3.73. The number of fused-ring (bicyclic) bond motifs is 1. The van der Waals surface area contributed by atoms with Gasteiger partial charge in [0.2, 0.25) is 11.8 Å². The standard InChI is InChI=1S/C19H19BrN2O2/c20-16-6-1-2-7-17(16)22-19(24)12-21-18(23)11-13-8-9-14-4-3-5-15(14)10-13/h1-2,6-10H,3-5,11-12H2,(H,21,23)(H,22,24). The van der Waals surface area contributed by atoms with E-state index >= 15 is 0 Å². The van der Waals surface area contributed by atoms with Crippen molar-refractivity contribution in [3.05, 3.63) is 63.6 Å². The van der Waals surface area contributed by atoms with Crippen LogP contribution < -0.4 is 10.6 Å². The van der Waals surface area contributed by atoms with Gasteiger partial charge < -0.3 is 10.6 Å². The Bertz CT molecular complexity index is 774. The third-order valence-corrected chi connectivity index (χ3v) is 4.81. The first-order chi connectivity index (χ1) is 11.6. The molecule has 0 fully saturated rings. The fraction of sp³-hybridized carbons (Fsp3) is 0.263. The van der Waals surface area contributed by atoms with Crippen molar-refractivity contribution >= 4 is 33.4 Å². The molecule has 1 aliphatic carbocycles. The van der Waals surface area contributed by atoms with Crippen LogP contribution in [0.1, 0.15) is 23.1 Å². The number of benzene rings is 2. The molecule has 0 spiro atoms. The summed E-state index contributed by atoms with van der Waals surface area (Å²) in [7, 11) is 0. The molecule has 0 saturated carbocycles. The molecular weight excluding hydrogens is 368 g/mol. The topological polar surface area (TPSA) is 58.2 Å². The molecule has 0 heterocycles. The maximum absolute atomic E-state index is 12.0. The van der Waals surface area contributed by atoms with Crippen LogP contribution >= 0.6 is 15.9 Å². The molecule has 124 valence electrons. The highest BCUT2D eigenvalue weighted by Crippen LogP contribution is 2.23. The summed E-state index contributed by atoms with van der Waals surface area (Å²) in [6.45, 7) is -0.0366. The fourth-order valence-electron chi connectivity index (χ4n) is 2.92. The Kier molecular flexibility index (Phi) is 5.30. The molecule has 24 heavy (non-hydrogen) atoms. The molecule has 2 amide bonds. The lowest BCUT2D eigenvalue weighted by Gasteiger charge is -2.09. The number of halogens is 1. The van der Waals surface area contributed by atoms with Gasteiger partial charge in [0.05, 0.1) is 18.7 Å². The lowest BCUT2D eigenvalue weighted by atomic mass is 10.0. The molecular formula is C19H19BrN2O2. The van der Waals surface area contributed by atoms with Crippen LogP contribution in [0.25, 0.3) is 0 Å². The predicted molar refractivity (Wildman–Crippen MR) is 98.0 cm³/mol. The average Bonchev–Trinajstić information content (AvgIpc) is 3.03. The number of aryl methyl sites for hydroxylation is 2. The molecule has 0 bridgehead atoms. The lowest BCUT2D eigenvalue weighted by molar-refractivity contribution is -0.123. The van der Waals surface area contributed by atoms with Gasteiger partial charge in [-0.05, 0) is 64.0 Å². The zero-order valence-electron chi connectivity index (χ0n) is 13.3. The zero-order chi connectivity index (χ0) is 16.9. The quantitative estimate of drug-likeness (QED) is 0.828. The SMILES string of the molecule is O=C(Cc1ccc2c(c1)CCC2)NCC(=O)Nc1ccccc1Br. The van der Waals surface area contributed by atoms with Crippen molar-refractivity contribution in [2.24, 2.45) is 0 Å². The van der Waals surface area contributed by atoms with Gasteiger partial charge in [0.25, 0.3) is 0 Å². The van der Waals surface area contributed by atoms with Crippen molar-refractivity contribution in [3.63, 3.8) is 0 Å². The predicted octanol–water partition coefficient (Wildman–Crippen LogP) is 3.24. The normalized spacial score (nSPS) is 12.5. The number of carbonyl (C=O) groups excluding carboxylic acids is 2. The molecule has 0 saturated heterocycles. The van der Waals surface area contributed by atoms with Crippen molar-refractivity contribution < 1.29 is 9.59 Å². The van der Waals surface area contributed by atoms with Gasteiger partial charge in [0, 0.05) is 4.47 Å². The Morgan fingerprint density at radius 1 is 1.00 bits per heavy atom. The van der Waals surface area contributed by atoms with Crippen LogP contribution in [0, 0.1) is 0 Å². The van der Waals surface area contributed by atoms with E-state index in [1.54, 1.807) is 6.07 Å². The van der Waals surface area contributed by atoms with E-state index in [4.69, 9.17) is 0 Å². The van der Waals surface area contributed by atoms with E-state index in [1.807, 2.05) is 24.3 Å². The van der Waals surface area contributed by atoms with Crippen molar-refractivity contribution in [2.75, 3.05) is 11.9 Å². The molecule has 0 aromatic heterocycles. The number of nitrogens with one attached hydrogen (secondary N) is 2. The van der Waals surface area contributed by atoms with Gasteiger partial charge in [-0.1, -0.05) is 30.3 Å². The Balaban J connectivity index is 1.49. The third-order valence-electron chi connectivity index (χ3n) is 4.12. The fourth-order valence-corrected chi connectivity index (χ4v) is 3.30. The molecule has 0 atom stereocenters. The maximum atomic E-state index is 12.0. The van der Waals surface area contributed by atoms with Gasteiger partial charge in [-0.3, -0.25) is 9.59 Å². The van der Waals surface area contributed by atoms with Crippen LogP contribution in [0.3, 0.4) is 0 Å². The van der Waals surface area contributed by atoms with Crippen molar-refractivity contribution in [2.45, 2.75) is 25.7 Å². The Labute approximate surface area is 149 Å². The molecule has 5 heteroatoms. The highest BCUT2D eigenvalue weighted by Gasteiger charge is 2.13. The summed E-state index contributed by atoms with van der Waals surface area (Å²) in [6, 6.07) is 13.6. The monoisotopic (exact) mass is 386 g/mol. The number of anilines is 1. The average molecular weight is 387 g/mol. The summed E-state index contributed by atoms with van der Waals surface area (Å²) in [5.74, 6) is -0.389. The van der Waals surface area contributed by atoms with E-state index in [0.717, 1.165) is 22.9 Å². The van der Waals surface area contributed by atoms with Crippen LogP contribution in [-0.4, -0.2) is 18.4 Å². The van der Waals surface area contributed by atoms with Crippen LogP contribution in [0.5, 0.6) is 0 Å². The molecule has 2 aromatic rings. The van der Waals surface area contributed by atoms with Crippen LogP contribution in [0.4, 0.5) is 5.69 Å². The molecule has 0 radical (unpaired) electrons. The molecule has 0 unspecified atom stereocenters. The summed E-state index contributed by atoms with van der Waals surface area (Å²) in [5.41, 5.74) is 4.44. The Morgan fingerprint density at radius 2 is 1.79 bits per heavy atom. The van der Waals surface area contributed by atoms with Gasteiger partial charge in [-0.25, -0.2) is 0 Å². The second kappa shape index (κ2) is 7.62. The van der Waals surface area contributed by atoms with Crippen molar-refractivity contribution in [1.29, 1.82) is 0 Å². The molecule has 4 nitrogen and oxygen atoms in total. The van der Waals surface area contributed by atoms with E-state index in [0.29, 0.717) is 12.1 Å². The maximum Gasteiger partial charge on any atom is 0.243 e. The van der Waals surface area contributed by atoms with E-state index in [9.17, 15) is 9.59 Å². The number of rotatable bonds is 5. The number of hydrogen-bond donors (Lipinski definition) is 2. The first-order valence-corrected chi connectivity index (χ1v) is 8.83. The Morgan fingerprint density at radius 3 is 2.62 bits per heavy atom. The van der Waals surface area contributed by atoms with Crippen molar-refractivity contribution in [1.82, 2.24) is 5.32 Å². The minimum absolute atomic E-state index is 0.0366. The summed E-state index contributed by atoms with van der Waals surface area (Å²) in [4.78, 5) is 24.0. The summed E-state index contributed by atoms with van der Waals surface area (Å²) in [5, 5.41) is 5.43. The van der Waals surface area contributed by atoms with Gasteiger partial charge in [-0.2, -0.15) is 0 Å². The largest absolute Gasteiger partial charge is 0.347 e. The van der Waals surface area contributed by atoms with Crippen molar-refractivity contribution in [3.8, 4) is 0 Å². The minimum atomic E-state index is -0.246. The van der Waals surface area contributed by atoms with Crippen LogP contribution in [0.2, 0.25) is 0 Å². The minimum Gasteiger partial charge on any atom is -0.347 e. The molecule has 0 aliphatic heterocycles. The third kappa shape index (κ3) is 4.23. The smallest absolute Gasteiger partial charge is 0.243 e. The van der Waals surface area contributed by atoms with Crippen LogP contribution in [-0.2, 0) is 28.9 Å². The van der Waals surface area contributed by atoms with E-state index < -0.39 is 0 Å². The first-order valence-electron chi connectivity index (χ1n) is 8.03.